The molecule has 2 nitrogen and oxygen atoms in total. The maximum absolute atomic E-state index is 11.8. The standard InChI is InChI=1S/C5H8F2O2S/c6-5(7)4-1-2-10(8,9)3-4/h4-5H,1-3H2. The van der Waals surface area contributed by atoms with Gasteiger partial charge in [0, 0.05) is 5.92 Å². The van der Waals surface area contributed by atoms with Gasteiger partial charge in [0.05, 0.1) is 11.5 Å². The van der Waals surface area contributed by atoms with Crippen LogP contribution in [0.3, 0.4) is 0 Å². The SMILES string of the molecule is O=S1(=O)CCC(C(F)F)C1. The van der Waals surface area contributed by atoms with Gasteiger partial charge in [0.2, 0.25) is 6.43 Å². The molecule has 0 saturated carbocycles. The fourth-order valence-electron chi connectivity index (χ4n) is 1.02. The van der Waals surface area contributed by atoms with E-state index in [1.54, 1.807) is 0 Å². The summed E-state index contributed by atoms with van der Waals surface area (Å²) in [5, 5.41) is 0. The van der Waals surface area contributed by atoms with Gasteiger partial charge in [-0.05, 0) is 6.42 Å². The van der Waals surface area contributed by atoms with E-state index in [9.17, 15) is 17.2 Å². The predicted octanol–water partition coefficient (Wildman–Crippen LogP) is 0.686. The Hall–Kier alpha value is -0.190. The van der Waals surface area contributed by atoms with Gasteiger partial charge in [-0.3, -0.25) is 0 Å². The second kappa shape index (κ2) is 2.45. The third-order valence-corrected chi connectivity index (χ3v) is 3.42. The Bertz CT molecular complexity index is 210. The van der Waals surface area contributed by atoms with E-state index in [4.69, 9.17) is 0 Å². The third kappa shape index (κ3) is 1.65. The molecule has 0 aromatic carbocycles. The lowest BCUT2D eigenvalue weighted by atomic mass is 10.1. The molecule has 1 fully saturated rings. The highest BCUT2D eigenvalue weighted by molar-refractivity contribution is 7.91. The lowest BCUT2D eigenvalue weighted by Crippen LogP contribution is -2.12. The topological polar surface area (TPSA) is 34.1 Å². The van der Waals surface area contributed by atoms with Crippen molar-refractivity contribution in [2.75, 3.05) is 11.5 Å². The van der Waals surface area contributed by atoms with Gasteiger partial charge in [-0.2, -0.15) is 0 Å². The van der Waals surface area contributed by atoms with E-state index < -0.39 is 22.2 Å². The molecule has 0 amide bonds. The summed E-state index contributed by atoms with van der Waals surface area (Å²) in [4.78, 5) is 0. The Morgan fingerprint density at radius 3 is 2.20 bits per heavy atom. The molecule has 0 spiro atoms. The molecule has 5 heteroatoms. The summed E-state index contributed by atoms with van der Waals surface area (Å²) in [7, 11) is -3.12. The molecule has 1 aliphatic rings. The number of rotatable bonds is 1. The van der Waals surface area contributed by atoms with Crippen LogP contribution in [0.15, 0.2) is 0 Å². The van der Waals surface area contributed by atoms with Crippen LogP contribution in [0.1, 0.15) is 6.42 Å². The average Bonchev–Trinajstić information content (AvgIpc) is 2.10. The zero-order chi connectivity index (χ0) is 7.78. The highest BCUT2D eigenvalue weighted by atomic mass is 32.2. The Kier molecular flexibility index (Phi) is 1.94. The number of hydrogen-bond acceptors (Lipinski definition) is 2. The zero-order valence-corrected chi connectivity index (χ0v) is 6.07. The Morgan fingerprint density at radius 1 is 1.40 bits per heavy atom. The first kappa shape index (κ1) is 7.91. The van der Waals surface area contributed by atoms with E-state index in [-0.39, 0.29) is 17.9 Å². The third-order valence-electron chi connectivity index (χ3n) is 1.62. The molecule has 1 rings (SSSR count). The van der Waals surface area contributed by atoms with Crippen molar-refractivity contribution in [2.45, 2.75) is 12.8 Å². The van der Waals surface area contributed by atoms with Crippen LogP contribution in [0.5, 0.6) is 0 Å². The van der Waals surface area contributed by atoms with Crippen molar-refractivity contribution >= 4 is 9.84 Å². The summed E-state index contributed by atoms with van der Waals surface area (Å²) in [5.41, 5.74) is 0. The average molecular weight is 170 g/mol. The highest BCUT2D eigenvalue weighted by Crippen LogP contribution is 2.23. The molecule has 1 saturated heterocycles. The first-order valence-electron chi connectivity index (χ1n) is 3.00. The Morgan fingerprint density at radius 2 is 2.00 bits per heavy atom. The van der Waals surface area contributed by atoms with Crippen LogP contribution in [0.2, 0.25) is 0 Å². The molecule has 0 aromatic heterocycles. The lowest BCUT2D eigenvalue weighted by molar-refractivity contribution is 0.0899. The van der Waals surface area contributed by atoms with Crippen LogP contribution in [0, 0.1) is 5.92 Å². The molecule has 1 aliphatic heterocycles. The van der Waals surface area contributed by atoms with E-state index in [0.717, 1.165) is 0 Å². The number of alkyl halides is 2. The molecule has 0 N–H and O–H groups in total. The molecule has 0 bridgehead atoms. The van der Waals surface area contributed by atoms with Crippen LogP contribution in [0.25, 0.3) is 0 Å². The van der Waals surface area contributed by atoms with Crippen molar-refractivity contribution in [2.24, 2.45) is 5.92 Å². The summed E-state index contributed by atoms with van der Waals surface area (Å²) in [6, 6.07) is 0. The summed E-state index contributed by atoms with van der Waals surface area (Å²) < 4.78 is 44.9. The second-order valence-electron chi connectivity index (χ2n) is 2.50. The molecular formula is C5H8F2O2S. The van der Waals surface area contributed by atoms with Gasteiger partial charge in [-0.1, -0.05) is 0 Å². The molecule has 60 valence electrons. The van der Waals surface area contributed by atoms with Gasteiger partial charge in [-0.25, -0.2) is 17.2 Å². The highest BCUT2D eigenvalue weighted by Gasteiger charge is 2.33. The minimum absolute atomic E-state index is 0.0675. The van der Waals surface area contributed by atoms with Gasteiger partial charge < -0.3 is 0 Å². The van der Waals surface area contributed by atoms with Crippen molar-refractivity contribution in [3.05, 3.63) is 0 Å². The fraction of sp³-hybridized carbons (Fsp3) is 1.00. The van der Waals surface area contributed by atoms with E-state index in [1.807, 2.05) is 0 Å². The van der Waals surface area contributed by atoms with E-state index in [2.05, 4.69) is 0 Å². The molecule has 10 heavy (non-hydrogen) atoms. The molecule has 0 aliphatic carbocycles. The van der Waals surface area contributed by atoms with Gasteiger partial charge in [0.25, 0.3) is 0 Å². The predicted molar refractivity (Wildman–Crippen MR) is 32.8 cm³/mol. The van der Waals surface area contributed by atoms with Crippen LogP contribution >= 0.6 is 0 Å². The summed E-state index contributed by atoms with van der Waals surface area (Å²) in [6.45, 7) is 0. The molecule has 0 aromatic rings. The van der Waals surface area contributed by atoms with Crippen molar-refractivity contribution < 1.29 is 17.2 Å². The van der Waals surface area contributed by atoms with Gasteiger partial charge >= 0.3 is 0 Å². The van der Waals surface area contributed by atoms with Crippen LogP contribution < -0.4 is 0 Å². The Labute approximate surface area is 58.1 Å². The van der Waals surface area contributed by atoms with E-state index in [1.165, 1.54) is 0 Å². The maximum Gasteiger partial charge on any atom is 0.242 e. The lowest BCUT2D eigenvalue weighted by Gasteiger charge is -2.02. The minimum atomic E-state index is -3.12. The molecule has 1 unspecified atom stereocenters. The van der Waals surface area contributed by atoms with Crippen molar-refractivity contribution in [1.82, 2.24) is 0 Å². The fourth-order valence-corrected chi connectivity index (χ4v) is 2.82. The van der Waals surface area contributed by atoms with Gasteiger partial charge in [0.1, 0.15) is 0 Å². The normalized spacial score (nSPS) is 31.3. The first-order chi connectivity index (χ1) is 4.51. The second-order valence-corrected chi connectivity index (χ2v) is 4.73. The van der Waals surface area contributed by atoms with Crippen molar-refractivity contribution in [3.8, 4) is 0 Å². The summed E-state index contributed by atoms with van der Waals surface area (Å²) in [5.74, 6) is -1.31. The monoisotopic (exact) mass is 170 g/mol. The summed E-state index contributed by atoms with van der Waals surface area (Å²) >= 11 is 0. The smallest absolute Gasteiger partial charge is 0.229 e. The largest absolute Gasteiger partial charge is 0.242 e. The van der Waals surface area contributed by atoms with E-state index >= 15 is 0 Å². The van der Waals surface area contributed by atoms with Crippen LogP contribution in [0.4, 0.5) is 8.78 Å². The first-order valence-corrected chi connectivity index (χ1v) is 4.82. The number of sulfone groups is 1. The van der Waals surface area contributed by atoms with Crippen LogP contribution in [-0.2, 0) is 9.84 Å². The molecule has 1 atom stereocenters. The minimum Gasteiger partial charge on any atom is -0.229 e. The van der Waals surface area contributed by atoms with Crippen molar-refractivity contribution in [3.63, 3.8) is 0 Å². The summed E-state index contributed by atoms with van der Waals surface area (Å²) in [6.07, 6.45) is -2.35. The number of hydrogen-bond donors (Lipinski definition) is 0. The molecular weight excluding hydrogens is 162 g/mol. The van der Waals surface area contributed by atoms with Gasteiger partial charge in [0.15, 0.2) is 9.84 Å². The molecule has 0 radical (unpaired) electrons. The quantitative estimate of drug-likeness (QED) is 0.580. The number of halogens is 2. The van der Waals surface area contributed by atoms with E-state index in [0.29, 0.717) is 0 Å². The molecule has 1 heterocycles. The maximum atomic E-state index is 11.8. The van der Waals surface area contributed by atoms with Gasteiger partial charge in [-0.15, -0.1) is 0 Å². The van der Waals surface area contributed by atoms with Crippen LogP contribution in [-0.4, -0.2) is 26.3 Å². The Balaban J connectivity index is 2.60. The zero-order valence-electron chi connectivity index (χ0n) is 5.26. The van der Waals surface area contributed by atoms with Crippen molar-refractivity contribution in [1.29, 1.82) is 0 Å².